The average Bonchev–Trinajstić information content (AvgIpc) is 2.82. The molecular formula is C16H14BrClN2. The van der Waals surface area contributed by atoms with Crippen LogP contribution >= 0.6 is 27.5 Å². The largest absolute Gasteiger partial charge is 0.346 e. The monoisotopic (exact) mass is 348 g/mol. The molecule has 0 aliphatic heterocycles. The summed E-state index contributed by atoms with van der Waals surface area (Å²) in [5.41, 5.74) is 3.24. The van der Waals surface area contributed by atoms with E-state index < -0.39 is 0 Å². The second-order valence-electron chi connectivity index (χ2n) is 5.38. The fraction of sp³-hybridized carbons (Fsp3) is 0.188. The third-order valence-electron chi connectivity index (χ3n) is 3.74. The number of aromatic nitrogens is 2. The van der Waals surface area contributed by atoms with Crippen molar-refractivity contribution in [1.82, 2.24) is 9.97 Å². The van der Waals surface area contributed by atoms with Gasteiger partial charge in [-0.3, -0.25) is 0 Å². The van der Waals surface area contributed by atoms with Crippen molar-refractivity contribution in [3.8, 4) is 0 Å². The van der Waals surface area contributed by atoms with E-state index >= 15 is 0 Å². The van der Waals surface area contributed by atoms with Crippen molar-refractivity contribution < 1.29 is 0 Å². The van der Waals surface area contributed by atoms with Gasteiger partial charge in [0.1, 0.15) is 5.65 Å². The van der Waals surface area contributed by atoms with E-state index in [0.29, 0.717) is 0 Å². The Balaban J connectivity index is 2.17. The summed E-state index contributed by atoms with van der Waals surface area (Å²) in [6.07, 6.45) is 3.84. The van der Waals surface area contributed by atoms with Gasteiger partial charge in [0.15, 0.2) is 0 Å². The van der Waals surface area contributed by atoms with Crippen molar-refractivity contribution in [2.45, 2.75) is 19.3 Å². The molecule has 0 atom stereocenters. The first-order valence-corrected chi connectivity index (χ1v) is 7.55. The number of nitrogens with zero attached hydrogens (tertiary/aromatic N) is 1. The summed E-state index contributed by atoms with van der Waals surface area (Å²) in [6.45, 7) is 4.42. The number of halogens is 2. The van der Waals surface area contributed by atoms with Crippen LogP contribution in [0.4, 0.5) is 0 Å². The Labute approximate surface area is 131 Å². The lowest BCUT2D eigenvalue weighted by Gasteiger charge is -2.25. The van der Waals surface area contributed by atoms with Gasteiger partial charge in [0.05, 0.1) is 0 Å². The molecule has 2 heterocycles. The average molecular weight is 350 g/mol. The molecule has 0 radical (unpaired) electrons. The summed E-state index contributed by atoms with van der Waals surface area (Å²) in [6, 6.07) is 10.1. The molecule has 2 aromatic heterocycles. The third-order valence-corrected chi connectivity index (χ3v) is 4.42. The Morgan fingerprint density at radius 3 is 2.60 bits per heavy atom. The number of H-pyrrole nitrogens is 1. The third kappa shape index (κ3) is 2.25. The first-order valence-electron chi connectivity index (χ1n) is 6.37. The molecule has 1 N–H and O–H groups in total. The first-order chi connectivity index (χ1) is 9.48. The fourth-order valence-electron chi connectivity index (χ4n) is 2.52. The molecule has 1 aromatic carbocycles. The van der Waals surface area contributed by atoms with Crippen LogP contribution in [0.5, 0.6) is 0 Å². The molecule has 20 heavy (non-hydrogen) atoms. The number of aromatic amines is 1. The van der Waals surface area contributed by atoms with Crippen LogP contribution in [0.15, 0.2) is 47.2 Å². The van der Waals surface area contributed by atoms with Crippen LogP contribution < -0.4 is 0 Å². The summed E-state index contributed by atoms with van der Waals surface area (Å²) in [5, 5.41) is 1.90. The fourth-order valence-corrected chi connectivity index (χ4v) is 2.97. The summed E-state index contributed by atoms with van der Waals surface area (Å²) in [5.74, 6) is 0. The summed E-state index contributed by atoms with van der Waals surface area (Å²) in [4.78, 5) is 7.64. The zero-order chi connectivity index (χ0) is 14.3. The van der Waals surface area contributed by atoms with Crippen LogP contribution in [0.3, 0.4) is 0 Å². The van der Waals surface area contributed by atoms with Crippen molar-refractivity contribution in [2.24, 2.45) is 0 Å². The second-order valence-corrected chi connectivity index (χ2v) is 6.74. The zero-order valence-corrected chi connectivity index (χ0v) is 13.6. The van der Waals surface area contributed by atoms with E-state index in [4.69, 9.17) is 11.6 Å². The minimum atomic E-state index is -0.120. The number of fused-ring (bicyclic) bond motifs is 1. The molecule has 0 aliphatic carbocycles. The van der Waals surface area contributed by atoms with E-state index in [9.17, 15) is 0 Å². The molecule has 3 aromatic rings. The molecule has 0 spiro atoms. The lowest BCUT2D eigenvalue weighted by Crippen LogP contribution is -2.18. The van der Waals surface area contributed by atoms with Crippen LogP contribution in [0, 0.1) is 0 Å². The molecule has 0 aliphatic rings. The van der Waals surface area contributed by atoms with Gasteiger partial charge in [-0.1, -0.05) is 37.6 Å². The predicted molar refractivity (Wildman–Crippen MR) is 87.4 cm³/mol. The number of benzene rings is 1. The number of nitrogens with one attached hydrogen (secondary N) is 1. The Hall–Kier alpha value is -1.32. The van der Waals surface area contributed by atoms with Crippen molar-refractivity contribution in [2.75, 3.05) is 0 Å². The van der Waals surface area contributed by atoms with Gasteiger partial charge in [-0.05, 0) is 45.3 Å². The maximum Gasteiger partial charge on any atom is 0.137 e. The quantitative estimate of drug-likeness (QED) is 0.668. The van der Waals surface area contributed by atoms with Crippen molar-refractivity contribution in [3.05, 3.63) is 63.3 Å². The van der Waals surface area contributed by atoms with Crippen LogP contribution in [-0.4, -0.2) is 9.97 Å². The molecule has 0 saturated carbocycles. The van der Waals surface area contributed by atoms with Gasteiger partial charge in [-0.25, -0.2) is 4.98 Å². The Morgan fingerprint density at radius 2 is 1.90 bits per heavy atom. The SMILES string of the molecule is CC(C)(c1ccc(Cl)cc1)c1c[nH]c2ncc(Br)cc12. The second kappa shape index (κ2) is 4.90. The number of hydrogen-bond donors (Lipinski definition) is 1. The van der Waals surface area contributed by atoms with Crippen molar-refractivity contribution in [1.29, 1.82) is 0 Å². The Kier molecular flexibility index (Phi) is 3.35. The van der Waals surface area contributed by atoms with Crippen LogP contribution in [0.2, 0.25) is 5.02 Å². The van der Waals surface area contributed by atoms with Gasteiger partial charge in [-0.2, -0.15) is 0 Å². The highest BCUT2D eigenvalue weighted by Crippen LogP contribution is 2.36. The summed E-state index contributed by atoms with van der Waals surface area (Å²) < 4.78 is 0.984. The lowest BCUT2D eigenvalue weighted by atomic mass is 9.78. The van der Waals surface area contributed by atoms with E-state index in [0.717, 1.165) is 20.5 Å². The highest BCUT2D eigenvalue weighted by atomic mass is 79.9. The molecule has 0 fully saturated rings. The van der Waals surface area contributed by atoms with E-state index in [1.54, 1.807) is 6.20 Å². The molecule has 102 valence electrons. The van der Waals surface area contributed by atoms with E-state index in [1.807, 2.05) is 18.3 Å². The van der Waals surface area contributed by atoms with Crippen LogP contribution in [-0.2, 0) is 5.41 Å². The van der Waals surface area contributed by atoms with Gasteiger partial charge in [-0.15, -0.1) is 0 Å². The molecule has 0 saturated heterocycles. The van der Waals surface area contributed by atoms with E-state index in [1.165, 1.54) is 11.1 Å². The van der Waals surface area contributed by atoms with Gasteiger partial charge >= 0.3 is 0 Å². The van der Waals surface area contributed by atoms with Crippen LogP contribution in [0.25, 0.3) is 11.0 Å². The Bertz CT molecular complexity index is 760. The standard InChI is InChI=1S/C16H14BrClN2/c1-16(2,10-3-5-12(18)6-4-10)14-9-20-15-13(14)7-11(17)8-19-15/h3-9H,1-2H3,(H,19,20). The smallest absolute Gasteiger partial charge is 0.137 e. The molecule has 0 bridgehead atoms. The highest BCUT2D eigenvalue weighted by Gasteiger charge is 2.26. The van der Waals surface area contributed by atoms with E-state index in [2.05, 4.69) is 57.9 Å². The van der Waals surface area contributed by atoms with Gasteiger partial charge in [0.25, 0.3) is 0 Å². The highest BCUT2D eigenvalue weighted by molar-refractivity contribution is 9.10. The molecule has 2 nitrogen and oxygen atoms in total. The molecule has 0 unspecified atom stereocenters. The molecule has 4 heteroatoms. The van der Waals surface area contributed by atoms with Gasteiger partial charge in [0, 0.05) is 32.7 Å². The maximum absolute atomic E-state index is 5.98. The summed E-state index contributed by atoms with van der Waals surface area (Å²) in [7, 11) is 0. The van der Waals surface area contributed by atoms with Gasteiger partial charge < -0.3 is 4.98 Å². The molecular weight excluding hydrogens is 336 g/mol. The number of hydrogen-bond acceptors (Lipinski definition) is 1. The van der Waals surface area contributed by atoms with E-state index in [-0.39, 0.29) is 5.41 Å². The number of rotatable bonds is 2. The topological polar surface area (TPSA) is 28.7 Å². The molecule has 0 amide bonds. The Morgan fingerprint density at radius 1 is 1.20 bits per heavy atom. The number of pyridine rings is 1. The minimum absolute atomic E-state index is 0.120. The summed E-state index contributed by atoms with van der Waals surface area (Å²) >= 11 is 9.47. The van der Waals surface area contributed by atoms with Gasteiger partial charge in [0.2, 0.25) is 0 Å². The van der Waals surface area contributed by atoms with Crippen molar-refractivity contribution in [3.63, 3.8) is 0 Å². The van der Waals surface area contributed by atoms with Crippen LogP contribution in [0.1, 0.15) is 25.0 Å². The lowest BCUT2D eigenvalue weighted by molar-refractivity contribution is 0.647. The molecule has 3 rings (SSSR count). The first kappa shape index (κ1) is 13.7. The van der Waals surface area contributed by atoms with Crippen molar-refractivity contribution >= 4 is 38.6 Å². The minimum Gasteiger partial charge on any atom is -0.346 e. The predicted octanol–water partition coefficient (Wildman–Crippen LogP) is 5.30. The maximum atomic E-state index is 5.98. The zero-order valence-electron chi connectivity index (χ0n) is 11.2. The normalized spacial score (nSPS) is 12.0.